The number of carbonyl (C=O) groups excluding carboxylic acids is 3. The Kier molecular flexibility index (Phi) is 9.85. The normalized spacial score (nSPS) is 28.4. The van der Waals surface area contributed by atoms with Crippen molar-refractivity contribution >= 4 is 17.9 Å². The van der Waals surface area contributed by atoms with Gasteiger partial charge < -0.3 is 29.2 Å². The molecule has 2 rings (SSSR count). The number of hydrogen-bond donors (Lipinski definition) is 2. The number of ether oxygens (including phenoxy) is 4. The van der Waals surface area contributed by atoms with Crippen molar-refractivity contribution in [3.8, 4) is 0 Å². The molecule has 1 saturated carbocycles. The van der Waals surface area contributed by atoms with Gasteiger partial charge in [0, 0.05) is 32.3 Å². The summed E-state index contributed by atoms with van der Waals surface area (Å²) in [6.07, 6.45) is -1.55. The number of hydrogen-bond acceptors (Lipinski definition) is 9. The second-order valence-electron chi connectivity index (χ2n) is 9.28. The van der Waals surface area contributed by atoms with Gasteiger partial charge in [0.25, 0.3) is 0 Å². The van der Waals surface area contributed by atoms with Crippen LogP contribution in [-0.2, 0) is 33.3 Å². The van der Waals surface area contributed by atoms with E-state index < -0.39 is 60.4 Å². The van der Waals surface area contributed by atoms with Gasteiger partial charge in [0.05, 0.1) is 18.3 Å². The van der Waals surface area contributed by atoms with Gasteiger partial charge in [0.1, 0.15) is 6.10 Å². The van der Waals surface area contributed by atoms with Crippen LogP contribution < -0.4 is 0 Å². The Morgan fingerprint density at radius 3 is 2.20 bits per heavy atom. The van der Waals surface area contributed by atoms with E-state index in [4.69, 9.17) is 18.9 Å². The van der Waals surface area contributed by atoms with Gasteiger partial charge in [-0.15, -0.1) is 0 Å². The summed E-state index contributed by atoms with van der Waals surface area (Å²) in [7, 11) is 0. The molecule has 1 fully saturated rings. The minimum Gasteiger partial charge on any atom is -0.462 e. The number of esters is 3. The van der Waals surface area contributed by atoms with E-state index in [0.717, 1.165) is 5.57 Å². The topological polar surface area (TPSA) is 129 Å². The van der Waals surface area contributed by atoms with E-state index in [-0.39, 0.29) is 6.42 Å². The summed E-state index contributed by atoms with van der Waals surface area (Å²) in [6, 6.07) is 0. The lowest BCUT2D eigenvalue weighted by Crippen LogP contribution is -2.45. The number of rotatable bonds is 6. The zero-order valence-corrected chi connectivity index (χ0v) is 21.0. The summed E-state index contributed by atoms with van der Waals surface area (Å²) >= 11 is 0. The van der Waals surface area contributed by atoms with Crippen molar-refractivity contribution in [1.82, 2.24) is 0 Å². The van der Waals surface area contributed by atoms with Gasteiger partial charge in [-0.1, -0.05) is 24.3 Å². The van der Waals surface area contributed by atoms with Crippen LogP contribution in [0, 0.1) is 11.8 Å². The highest BCUT2D eigenvalue weighted by molar-refractivity contribution is 5.68. The number of aliphatic hydroxyl groups is 2. The highest BCUT2D eigenvalue weighted by Gasteiger charge is 2.46. The van der Waals surface area contributed by atoms with Crippen molar-refractivity contribution in [2.45, 2.75) is 84.6 Å². The van der Waals surface area contributed by atoms with Crippen molar-refractivity contribution < 1.29 is 43.5 Å². The molecular formula is C26H36O9. The molecule has 35 heavy (non-hydrogen) atoms. The van der Waals surface area contributed by atoms with Crippen LogP contribution in [0.2, 0.25) is 0 Å². The van der Waals surface area contributed by atoms with Crippen LogP contribution in [0.3, 0.4) is 0 Å². The van der Waals surface area contributed by atoms with Crippen LogP contribution in [0.5, 0.6) is 0 Å². The molecule has 0 spiro atoms. The van der Waals surface area contributed by atoms with E-state index in [1.165, 1.54) is 27.0 Å². The van der Waals surface area contributed by atoms with E-state index in [1.807, 2.05) is 13.8 Å². The Balaban J connectivity index is 2.64. The molecular weight excluding hydrogens is 456 g/mol. The Bertz CT molecular complexity index is 912. The predicted molar refractivity (Wildman–Crippen MR) is 126 cm³/mol. The Labute approximate surface area is 206 Å². The molecule has 0 aromatic rings. The molecule has 7 atom stereocenters. The quantitative estimate of drug-likeness (QED) is 0.327. The van der Waals surface area contributed by atoms with Crippen molar-refractivity contribution in [1.29, 1.82) is 0 Å². The largest absolute Gasteiger partial charge is 0.462 e. The summed E-state index contributed by atoms with van der Waals surface area (Å²) in [5, 5.41) is 21.0. The minimum atomic E-state index is -1.16. The van der Waals surface area contributed by atoms with Crippen molar-refractivity contribution in [2.75, 3.05) is 0 Å². The van der Waals surface area contributed by atoms with Gasteiger partial charge >= 0.3 is 17.9 Å². The maximum absolute atomic E-state index is 12.1. The average Bonchev–Trinajstić information content (AvgIpc) is 2.76. The molecule has 1 heterocycles. The highest BCUT2D eigenvalue weighted by Crippen LogP contribution is 2.44. The molecule has 9 heteroatoms. The summed E-state index contributed by atoms with van der Waals surface area (Å²) in [6.45, 7) is 15.4. The minimum absolute atomic E-state index is 0.00926. The fourth-order valence-electron chi connectivity index (χ4n) is 4.56. The first-order valence-corrected chi connectivity index (χ1v) is 11.5. The number of allylic oxidation sites excluding steroid dienone is 1. The molecule has 0 saturated heterocycles. The second-order valence-corrected chi connectivity index (χ2v) is 9.28. The first kappa shape index (κ1) is 28.3. The van der Waals surface area contributed by atoms with E-state index in [2.05, 4.69) is 13.2 Å². The van der Waals surface area contributed by atoms with Crippen molar-refractivity contribution in [3.63, 3.8) is 0 Å². The van der Waals surface area contributed by atoms with Gasteiger partial charge in [-0.2, -0.15) is 0 Å². The third-order valence-corrected chi connectivity index (χ3v) is 6.00. The number of fused-ring (bicyclic) bond motifs is 1. The van der Waals surface area contributed by atoms with Crippen molar-refractivity contribution in [2.24, 2.45) is 11.8 Å². The summed E-state index contributed by atoms with van der Waals surface area (Å²) in [5.74, 6) is -2.81. The maximum Gasteiger partial charge on any atom is 0.305 e. The maximum atomic E-state index is 12.1. The molecule has 0 bridgehead atoms. The highest BCUT2D eigenvalue weighted by atomic mass is 16.7. The summed E-state index contributed by atoms with van der Waals surface area (Å²) in [5.41, 5.74) is 2.25. The van der Waals surface area contributed by atoms with Crippen LogP contribution in [0.15, 0.2) is 47.8 Å². The SMILES string of the molecule is C=C1CCC2C(C(OC(C)=O)C(C=C(C)C)OC(C)=O)=COC(OC(C)=O)C2C(=C)CC(O)C1O. The van der Waals surface area contributed by atoms with Gasteiger partial charge in [-0.3, -0.25) is 14.4 Å². The molecule has 0 aromatic heterocycles. The van der Waals surface area contributed by atoms with Gasteiger partial charge in [0.15, 0.2) is 12.2 Å². The molecule has 2 aliphatic rings. The van der Waals surface area contributed by atoms with E-state index in [0.29, 0.717) is 29.6 Å². The fraction of sp³-hybridized carbons (Fsp3) is 0.577. The molecule has 0 radical (unpaired) electrons. The Hall–Kier alpha value is -2.91. The summed E-state index contributed by atoms with van der Waals surface area (Å²) in [4.78, 5) is 35.8. The third kappa shape index (κ3) is 7.53. The first-order valence-electron chi connectivity index (χ1n) is 11.5. The van der Waals surface area contributed by atoms with Crippen LogP contribution in [0.25, 0.3) is 0 Å². The molecule has 1 aliphatic heterocycles. The monoisotopic (exact) mass is 492 g/mol. The standard InChI is InChI=1S/C26H36O9/c1-13(2)10-22(33-16(5)27)25(34-17(6)28)20-12-32-26(35-18(7)29)23-15(4)11-21(30)24(31)14(3)8-9-19(20)23/h10,12,19,21-26,30-31H,3-4,8-9,11H2,1-2,5-7H3. The average molecular weight is 493 g/mol. The molecule has 0 amide bonds. The van der Waals surface area contributed by atoms with E-state index >= 15 is 0 Å². The first-order chi connectivity index (χ1) is 16.3. The Morgan fingerprint density at radius 1 is 1.03 bits per heavy atom. The molecule has 194 valence electrons. The lowest BCUT2D eigenvalue weighted by Gasteiger charge is -2.41. The lowest BCUT2D eigenvalue weighted by atomic mass is 9.74. The van der Waals surface area contributed by atoms with Crippen LogP contribution in [0.4, 0.5) is 0 Å². The van der Waals surface area contributed by atoms with Crippen molar-refractivity contribution in [3.05, 3.63) is 47.8 Å². The molecule has 0 aromatic carbocycles. The predicted octanol–water partition coefficient (Wildman–Crippen LogP) is 2.87. The van der Waals surface area contributed by atoms with Crippen LogP contribution >= 0.6 is 0 Å². The molecule has 7 unspecified atom stereocenters. The van der Waals surface area contributed by atoms with E-state index in [1.54, 1.807) is 6.08 Å². The number of carbonyl (C=O) groups is 3. The third-order valence-electron chi connectivity index (χ3n) is 6.00. The van der Waals surface area contributed by atoms with Gasteiger partial charge in [0.2, 0.25) is 6.29 Å². The smallest absolute Gasteiger partial charge is 0.305 e. The molecule has 9 nitrogen and oxygen atoms in total. The fourth-order valence-corrected chi connectivity index (χ4v) is 4.56. The number of aliphatic hydroxyl groups excluding tert-OH is 2. The second kappa shape index (κ2) is 12.2. The molecule has 2 N–H and O–H groups in total. The Morgan fingerprint density at radius 2 is 1.66 bits per heavy atom. The zero-order chi connectivity index (χ0) is 26.4. The van der Waals surface area contributed by atoms with Gasteiger partial charge in [-0.05, 0) is 44.8 Å². The molecule has 1 aliphatic carbocycles. The zero-order valence-electron chi connectivity index (χ0n) is 21.0. The van der Waals surface area contributed by atoms with E-state index in [9.17, 15) is 24.6 Å². The summed E-state index contributed by atoms with van der Waals surface area (Å²) < 4.78 is 22.4. The van der Waals surface area contributed by atoms with Gasteiger partial charge in [-0.25, -0.2) is 0 Å². The van der Waals surface area contributed by atoms with Crippen LogP contribution in [-0.4, -0.2) is 58.8 Å². The lowest BCUT2D eigenvalue weighted by molar-refractivity contribution is -0.183. The van der Waals surface area contributed by atoms with Crippen LogP contribution in [0.1, 0.15) is 53.9 Å².